The second kappa shape index (κ2) is 5.35. The Kier molecular flexibility index (Phi) is 3.81. The summed E-state index contributed by atoms with van der Waals surface area (Å²) in [4.78, 5) is 6.43. The summed E-state index contributed by atoms with van der Waals surface area (Å²) in [5.74, 6) is 0.403. The lowest BCUT2D eigenvalue weighted by Crippen LogP contribution is -2.37. The molecule has 0 saturated carbocycles. The van der Waals surface area contributed by atoms with E-state index in [4.69, 9.17) is 11.1 Å². The molecular formula is C13H20N4O. The summed E-state index contributed by atoms with van der Waals surface area (Å²) >= 11 is 0. The predicted molar refractivity (Wildman–Crippen MR) is 71.9 cm³/mol. The molecule has 1 unspecified atom stereocenters. The third-order valence-electron chi connectivity index (χ3n) is 3.61. The van der Waals surface area contributed by atoms with E-state index in [9.17, 15) is 5.11 Å². The summed E-state index contributed by atoms with van der Waals surface area (Å²) in [6.07, 6.45) is 3.56. The zero-order valence-corrected chi connectivity index (χ0v) is 10.6. The van der Waals surface area contributed by atoms with Crippen molar-refractivity contribution in [1.29, 1.82) is 5.41 Å². The van der Waals surface area contributed by atoms with Gasteiger partial charge in [-0.25, -0.2) is 0 Å². The summed E-state index contributed by atoms with van der Waals surface area (Å²) in [6.45, 7) is 3.75. The van der Waals surface area contributed by atoms with Gasteiger partial charge in [0.25, 0.3) is 0 Å². The maximum Gasteiger partial charge on any atom is 0.141 e. The fraction of sp³-hybridized carbons (Fsp3) is 0.538. The first kappa shape index (κ1) is 12.8. The Hall–Kier alpha value is -1.62. The summed E-state index contributed by atoms with van der Waals surface area (Å²) in [6, 6.07) is 3.73. The number of rotatable bonds is 3. The van der Waals surface area contributed by atoms with Gasteiger partial charge in [0, 0.05) is 13.1 Å². The number of aromatic nitrogens is 1. The molecule has 0 bridgehead atoms. The van der Waals surface area contributed by atoms with Crippen LogP contribution in [0.2, 0.25) is 0 Å². The molecule has 1 aromatic heterocycles. The van der Waals surface area contributed by atoms with E-state index in [2.05, 4.69) is 9.88 Å². The van der Waals surface area contributed by atoms with E-state index in [0.29, 0.717) is 11.6 Å². The fourth-order valence-corrected chi connectivity index (χ4v) is 2.37. The zero-order valence-electron chi connectivity index (χ0n) is 10.6. The fourth-order valence-electron chi connectivity index (χ4n) is 2.37. The molecule has 4 N–H and O–H groups in total. The third-order valence-corrected chi connectivity index (χ3v) is 3.61. The second-order valence-electron chi connectivity index (χ2n) is 4.88. The van der Waals surface area contributed by atoms with Crippen LogP contribution >= 0.6 is 0 Å². The molecule has 1 saturated heterocycles. The molecule has 1 aromatic rings. The van der Waals surface area contributed by atoms with Crippen LogP contribution in [0.3, 0.4) is 0 Å². The van der Waals surface area contributed by atoms with E-state index in [1.54, 1.807) is 12.3 Å². The number of nitrogens with one attached hydrogen (secondary N) is 1. The summed E-state index contributed by atoms with van der Waals surface area (Å²) in [7, 11) is 0. The minimum Gasteiger partial charge on any atom is -0.393 e. The van der Waals surface area contributed by atoms with Crippen LogP contribution in [0.4, 0.5) is 5.69 Å². The van der Waals surface area contributed by atoms with Crippen molar-refractivity contribution in [3.63, 3.8) is 0 Å². The number of piperidine rings is 1. The highest BCUT2D eigenvalue weighted by atomic mass is 16.3. The Balaban J connectivity index is 1.99. The van der Waals surface area contributed by atoms with E-state index >= 15 is 0 Å². The van der Waals surface area contributed by atoms with Crippen molar-refractivity contribution in [1.82, 2.24) is 4.98 Å². The molecule has 2 rings (SSSR count). The Morgan fingerprint density at radius 2 is 2.17 bits per heavy atom. The third kappa shape index (κ3) is 2.79. The van der Waals surface area contributed by atoms with Gasteiger partial charge in [0.15, 0.2) is 0 Å². The molecule has 0 spiro atoms. The van der Waals surface area contributed by atoms with Crippen molar-refractivity contribution in [2.24, 2.45) is 11.7 Å². The topological polar surface area (TPSA) is 86.2 Å². The molecule has 1 fully saturated rings. The SMILES string of the molecule is CC(O)C1CCN(c2ccc(C(=N)N)nc2)CC1. The van der Waals surface area contributed by atoms with Crippen molar-refractivity contribution < 1.29 is 5.11 Å². The normalized spacial score (nSPS) is 18.7. The van der Waals surface area contributed by atoms with Crippen LogP contribution < -0.4 is 10.6 Å². The maximum absolute atomic E-state index is 9.56. The van der Waals surface area contributed by atoms with Crippen molar-refractivity contribution in [2.45, 2.75) is 25.9 Å². The van der Waals surface area contributed by atoms with Gasteiger partial charge in [-0.2, -0.15) is 0 Å². The highest BCUT2D eigenvalue weighted by Gasteiger charge is 2.22. The van der Waals surface area contributed by atoms with Crippen LogP contribution in [0.1, 0.15) is 25.5 Å². The molecule has 1 atom stereocenters. The van der Waals surface area contributed by atoms with Crippen molar-refractivity contribution in [2.75, 3.05) is 18.0 Å². The van der Waals surface area contributed by atoms with Gasteiger partial charge in [0.05, 0.1) is 18.0 Å². The lowest BCUT2D eigenvalue weighted by Gasteiger charge is -2.34. The minimum atomic E-state index is -0.217. The van der Waals surface area contributed by atoms with Gasteiger partial charge in [-0.05, 0) is 37.8 Å². The number of nitrogens with zero attached hydrogens (tertiary/aromatic N) is 2. The largest absolute Gasteiger partial charge is 0.393 e. The Bertz CT molecular complexity index is 408. The van der Waals surface area contributed by atoms with Gasteiger partial charge >= 0.3 is 0 Å². The molecule has 0 radical (unpaired) electrons. The lowest BCUT2D eigenvalue weighted by molar-refractivity contribution is 0.110. The van der Waals surface area contributed by atoms with Crippen molar-refractivity contribution >= 4 is 11.5 Å². The molecule has 5 nitrogen and oxygen atoms in total. The van der Waals surface area contributed by atoms with E-state index in [0.717, 1.165) is 31.6 Å². The van der Waals surface area contributed by atoms with Gasteiger partial charge in [-0.1, -0.05) is 0 Å². The van der Waals surface area contributed by atoms with Crippen LogP contribution in [-0.4, -0.2) is 35.1 Å². The maximum atomic E-state index is 9.56. The zero-order chi connectivity index (χ0) is 13.1. The van der Waals surface area contributed by atoms with Gasteiger partial charge in [0.2, 0.25) is 0 Å². The van der Waals surface area contributed by atoms with Gasteiger partial charge in [-0.15, -0.1) is 0 Å². The molecule has 1 aliphatic heterocycles. The second-order valence-corrected chi connectivity index (χ2v) is 4.88. The van der Waals surface area contributed by atoms with Crippen LogP contribution in [-0.2, 0) is 0 Å². The Morgan fingerprint density at radius 1 is 1.50 bits per heavy atom. The Morgan fingerprint density at radius 3 is 2.61 bits per heavy atom. The highest BCUT2D eigenvalue weighted by Crippen LogP contribution is 2.24. The average molecular weight is 248 g/mol. The number of nitrogen functional groups attached to an aromatic ring is 1. The molecule has 2 heterocycles. The van der Waals surface area contributed by atoms with E-state index in [1.165, 1.54) is 0 Å². The standard InChI is InChI=1S/C13H20N4O/c1-9(18)10-4-6-17(7-5-10)11-2-3-12(13(14)15)16-8-11/h2-3,8-10,18H,4-7H2,1H3,(H3,14,15). The number of aliphatic hydroxyl groups excluding tert-OH is 1. The molecule has 0 aromatic carbocycles. The number of hydrogen-bond acceptors (Lipinski definition) is 4. The molecule has 0 aliphatic carbocycles. The number of amidine groups is 1. The van der Waals surface area contributed by atoms with Gasteiger partial charge in [0.1, 0.15) is 11.5 Å². The first-order valence-electron chi connectivity index (χ1n) is 6.31. The number of anilines is 1. The Labute approximate surface area is 107 Å². The van der Waals surface area contributed by atoms with Crippen LogP contribution in [0, 0.1) is 11.3 Å². The van der Waals surface area contributed by atoms with E-state index in [-0.39, 0.29) is 11.9 Å². The van der Waals surface area contributed by atoms with Gasteiger partial charge in [-0.3, -0.25) is 10.4 Å². The highest BCUT2D eigenvalue weighted by molar-refractivity contribution is 5.93. The molecule has 98 valence electrons. The number of nitrogens with two attached hydrogens (primary N) is 1. The number of aliphatic hydroxyl groups is 1. The van der Waals surface area contributed by atoms with Gasteiger partial charge < -0.3 is 15.7 Å². The van der Waals surface area contributed by atoms with E-state index < -0.39 is 0 Å². The lowest BCUT2D eigenvalue weighted by atomic mass is 9.92. The quantitative estimate of drug-likeness (QED) is 0.549. The van der Waals surface area contributed by atoms with Crippen LogP contribution in [0.25, 0.3) is 0 Å². The van der Waals surface area contributed by atoms with Crippen molar-refractivity contribution in [3.05, 3.63) is 24.0 Å². The summed E-state index contributed by atoms with van der Waals surface area (Å²) in [5.41, 5.74) is 6.94. The number of pyridine rings is 1. The summed E-state index contributed by atoms with van der Waals surface area (Å²) in [5, 5.41) is 16.9. The number of hydrogen-bond donors (Lipinski definition) is 3. The molecule has 18 heavy (non-hydrogen) atoms. The van der Waals surface area contributed by atoms with E-state index in [1.807, 2.05) is 13.0 Å². The summed E-state index contributed by atoms with van der Waals surface area (Å²) < 4.78 is 0. The minimum absolute atomic E-state index is 0.00522. The molecular weight excluding hydrogens is 228 g/mol. The molecule has 5 heteroatoms. The molecule has 0 amide bonds. The van der Waals surface area contributed by atoms with Crippen molar-refractivity contribution in [3.8, 4) is 0 Å². The van der Waals surface area contributed by atoms with Crippen LogP contribution in [0.15, 0.2) is 18.3 Å². The first-order chi connectivity index (χ1) is 8.58. The smallest absolute Gasteiger partial charge is 0.141 e. The first-order valence-corrected chi connectivity index (χ1v) is 6.31. The van der Waals surface area contributed by atoms with Crippen LogP contribution in [0.5, 0.6) is 0 Å². The predicted octanol–water partition coefficient (Wildman–Crippen LogP) is 0.963. The average Bonchev–Trinajstić information content (AvgIpc) is 2.39. The molecule has 1 aliphatic rings. The monoisotopic (exact) mass is 248 g/mol.